The van der Waals surface area contributed by atoms with Crippen LogP contribution in [-0.4, -0.2) is 184 Å². The minimum Gasteiger partial charge on any atom is -0.493 e. The number of amides is 6. The van der Waals surface area contributed by atoms with Gasteiger partial charge in [0, 0.05) is 46.7 Å². The van der Waals surface area contributed by atoms with Crippen LogP contribution in [0.3, 0.4) is 0 Å². The fraction of sp³-hybridized carbons (Fsp3) is 0.515. The summed E-state index contributed by atoms with van der Waals surface area (Å²) >= 11 is 0. The smallest absolute Gasteiger partial charge is 0.330 e. The van der Waals surface area contributed by atoms with E-state index in [4.69, 9.17) is 33.2 Å². The maximum atomic E-state index is 15.1. The Hall–Kier alpha value is -8.53. The second-order valence-electron chi connectivity index (χ2n) is 24.4. The number of cyclic esters (lactones) is 2. The SMILES string of the molecule is CCCC[C@H]1C(=O)N[C@@H](Cc2ccc3ccccc3c2)C(=O)N(C)[C@@H](COC(C)(C)C)C(=O)NCC(=O)N(C)CCC=CC(=O)OCC(C)(C)C(=O)C(=O)N2CCCC[C@H]2C(=O)O[C@H](CCc2ccc(OC)c(OC)c2OC)c2cccc(c2)OCC(=O)N1C. The Kier molecular flexibility index (Phi) is 25.7. The zero-order valence-electron chi connectivity index (χ0n) is 54.2. The number of rotatable bonds is 13. The molecule has 2 bridgehead atoms. The molecular weight excluding hydrogens is 1160 g/mol. The Bertz CT molecular complexity index is 3230. The molecule has 2 N–H and O–H groups in total. The number of methoxy groups -OCH3 is 3. The second-order valence-corrected chi connectivity index (χ2v) is 24.4. The first-order valence-corrected chi connectivity index (χ1v) is 30.7. The second kappa shape index (κ2) is 32.8. The molecule has 4 aromatic rings. The van der Waals surface area contributed by atoms with Crippen LogP contribution in [-0.2, 0) is 70.2 Å². The molecule has 0 spiro atoms. The van der Waals surface area contributed by atoms with Crippen molar-refractivity contribution in [1.29, 1.82) is 0 Å². The molecular formula is C68H90N6O16. The van der Waals surface area contributed by atoms with Gasteiger partial charge in [-0.1, -0.05) is 86.5 Å². The first-order valence-electron chi connectivity index (χ1n) is 30.7. The number of hydrogen-bond acceptors (Lipinski definition) is 16. The third kappa shape index (κ3) is 19.2. The summed E-state index contributed by atoms with van der Waals surface area (Å²) in [5.74, 6) is -4.98. The number of unbranched alkanes of at least 4 members (excludes halogenated alkanes) is 1. The number of aryl methyl sites for hydroxylation is 1. The highest BCUT2D eigenvalue weighted by molar-refractivity contribution is 6.38. The van der Waals surface area contributed by atoms with Crippen molar-refractivity contribution in [3.63, 3.8) is 0 Å². The van der Waals surface area contributed by atoms with Gasteiger partial charge >= 0.3 is 11.9 Å². The molecule has 90 heavy (non-hydrogen) atoms. The zero-order valence-corrected chi connectivity index (χ0v) is 54.2. The van der Waals surface area contributed by atoms with Gasteiger partial charge in [0.25, 0.3) is 11.8 Å². The summed E-state index contributed by atoms with van der Waals surface area (Å²) in [4.78, 5) is 133. The molecule has 6 rings (SSSR count). The molecule has 488 valence electrons. The van der Waals surface area contributed by atoms with Crippen molar-refractivity contribution in [1.82, 2.24) is 30.2 Å². The number of carbonyl (C=O) groups is 9. The van der Waals surface area contributed by atoms with E-state index in [1.165, 1.54) is 82.0 Å². The van der Waals surface area contributed by atoms with E-state index in [0.717, 1.165) is 16.8 Å². The summed E-state index contributed by atoms with van der Waals surface area (Å²) in [6.45, 7) is 8.73. The number of ketones is 1. The van der Waals surface area contributed by atoms with Crippen molar-refractivity contribution in [2.24, 2.45) is 5.41 Å². The maximum Gasteiger partial charge on any atom is 0.330 e. The molecule has 0 aliphatic carbocycles. The third-order valence-electron chi connectivity index (χ3n) is 16.1. The predicted molar refractivity (Wildman–Crippen MR) is 337 cm³/mol. The molecule has 6 amide bonds. The average molecular weight is 1250 g/mol. The van der Waals surface area contributed by atoms with Crippen molar-refractivity contribution in [3.05, 3.63) is 108 Å². The van der Waals surface area contributed by atoms with Gasteiger partial charge < -0.3 is 63.4 Å². The number of nitrogens with one attached hydrogen (secondary N) is 2. The molecule has 22 heteroatoms. The summed E-state index contributed by atoms with van der Waals surface area (Å²) in [6.07, 6.45) is 4.94. The molecule has 0 saturated carbocycles. The average Bonchev–Trinajstić information content (AvgIpc) is 1.04. The lowest BCUT2D eigenvalue weighted by Gasteiger charge is -2.36. The monoisotopic (exact) mass is 1250 g/mol. The van der Waals surface area contributed by atoms with Crippen molar-refractivity contribution >= 4 is 63.9 Å². The minimum atomic E-state index is -1.51. The Morgan fingerprint density at radius 1 is 0.733 bits per heavy atom. The Morgan fingerprint density at radius 2 is 1.47 bits per heavy atom. The highest BCUT2D eigenvalue weighted by Gasteiger charge is 2.43. The van der Waals surface area contributed by atoms with Crippen LogP contribution in [0.2, 0.25) is 0 Å². The zero-order chi connectivity index (χ0) is 65.9. The quantitative estimate of drug-likeness (QED) is 0.102. The molecule has 4 aromatic carbocycles. The number of hydrogen-bond donors (Lipinski definition) is 2. The molecule has 22 nitrogen and oxygen atoms in total. The van der Waals surface area contributed by atoms with Gasteiger partial charge in [0.2, 0.25) is 35.2 Å². The summed E-state index contributed by atoms with van der Waals surface area (Å²) in [6, 6.07) is 18.8. The normalized spacial score (nSPS) is 21.3. The first-order chi connectivity index (χ1) is 42.8. The number of ether oxygens (including phenoxy) is 7. The number of Topliss-reactive ketones (excluding diaryl/α,β-unsaturated/α-hetero) is 1. The Morgan fingerprint density at radius 3 is 2.17 bits per heavy atom. The number of likely N-dealkylation sites (N-methyl/N-ethyl adjacent to an activating group) is 3. The van der Waals surface area contributed by atoms with Gasteiger partial charge in [0.1, 0.15) is 42.6 Å². The van der Waals surface area contributed by atoms with Crippen molar-refractivity contribution in [3.8, 4) is 23.0 Å². The van der Waals surface area contributed by atoms with Crippen LogP contribution in [0.4, 0.5) is 0 Å². The van der Waals surface area contributed by atoms with E-state index < -0.39 is 114 Å². The summed E-state index contributed by atoms with van der Waals surface area (Å²) in [5, 5.41) is 7.49. The molecule has 0 radical (unpaired) electrons. The van der Waals surface area contributed by atoms with Crippen LogP contribution in [0.5, 0.6) is 23.0 Å². The van der Waals surface area contributed by atoms with Crippen molar-refractivity contribution < 1.29 is 76.3 Å². The molecule has 2 aliphatic heterocycles. The number of carbonyl (C=O) groups excluding carboxylic acids is 9. The highest BCUT2D eigenvalue weighted by Crippen LogP contribution is 2.41. The van der Waals surface area contributed by atoms with Crippen molar-refractivity contribution in [2.75, 3.05) is 81.9 Å². The van der Waals surface area contributed by atoms with Gasteiger partial charge in [-0.3, -0.25) is 33.6 Å². The predicted octanol–water partition coefficient (Wildman–Crippen LogP) is 6.90. The first kappa shape index (κ1) is 70.6. The van der Waals surface area contributed by atoms with Gasteiger partial charge in [-0.2, -0.15) is 0 Å². The summed E-state index contributed by atoms with van der Waals surface area (Å²) < 4.78 is 41.1. The van der Waals surface area contributed by atoms with Crippen LogP contribution in [0, 0.1) is 5.41 Å². The molecule has 5 atom stereocenters. The van der Waals surface area contributed by atoms with Gasteiger partial charge in [-0.05, 0) is 125 Å². The number of piperidine rings is 1. The molecule has 0 aromatic heterocycles. The lowest BCUT2D eigenvalue weighted by Crippen LogP contribution is -2.59. The van der Waals surface area contributed by atoms with E-state index in [-0.39, 0.29) is 64.0 Å². The number of fused-ring (bicyclic) bond motifs is 4. The topological polar surface area (TPSA) is 255 Å². The fourth-order valence-corrected chi connectivity index (χ4v) is 10.6. The van der Waals surface area contributed by atoms with Gasteiger partial charge in [0.15, 0.2) is 18.1 Å². The summed E-state index contributed by atoms with van der Waals surface area (Å²) in [7, 11) is 8.93. The number of benzene rings is 4. The van der Waals surface area contributed by atoms with E-state index in [9.17, 15) is 38.4 Å². The number of esters is 2. The lowest BCUT2D eigenvalue weighted by molar-refractivity contribution is -0.165. The molecule has 1 saturated heterocycles. The summed E-state index contributed by atoms with van der Waals surface area (Å²) in [5.41, 5.74) is -0.403. The van der Waals surface area contributed by atoms with E-state index >= 15 is 4.79 Å². The van der Waals surface area contributed by atoms with Gasteiger partial charge in [0.05, 0.1) is 45.5 Å². The van der Waals surface area contributed by atoms with E-state index in [0.29, 0.717) is 59.6 Å². The van der Waals surface area contributed by atoms with Crippen LogP contribution in [0.15, 0.2) is 91.0 Å². The van der Waals surface area contributed by atoms with Gasteiger partial charge in [-0.25, -0.2) is 9.59 Å². The fourth-order valence-electron chi connectivity index (χ4n) is 10.6. The van der Waals surface area contributed by atoms with Crippen LogP contribution < -0.4 is 29.6 Å². The molecule has 2 heterocycles. The Labute approximate surface area is 528 Å². The van der Waals surface area contributed by atoms with Crippen LogP contribution >= 0.6 is 0 Å². The molecule has 1 fully saturated rings. The number of nitrogens with zero attached hydrogens (tertiary/aromatic N) is 4. The van der Waals surface area contributed by atoms with Crippen LogP contribution in [0.1, 0.15) is 116 Å². The molecule has 0 unspecified atom stereocenters. The third-order valence-corrected chi connectivity index (χ3v) is 16.1. The molecule has 2 aliphatic rings. The Balaban J connectivity index is 1.37. The van der Waals surface area contributed by atoms with E-state index in [1.807, 2.05) is 55.5 Å². The highest BCUT2D eigenvalue weighted by atomic mass is 16.6. The lowest BCUT2D eigenvalue weighted by atomic mass is 9.87. The minimum absolute atomic E-state index is 0.00584. The van der Waals surface area contributed by atoms with Crippen molar-refractivity contribution in [2.45, 2.75) is 142 Å². The van der Waals surface area contributed by atoms with E-state index in [1.54, 1.807) is 51.1 Å². The van der Waals surface area contributed by atoms with Crippen LogP contribution in [0.25, 0.3) is 10.8 Å². The standard InChI is InChI=1S/C68H90N6O16/c1-13-14-26-51-63(80)70-50(38-44-29-30-45-22-15-16-23-47(45)37-44)64(81)73(9)53(41-89-67(2,3)4)62(79)69-40-56(75)71(7)35-19-18-28-58(77)88-43-68(5,6)61(78)65(82)74-36-20-17-27-52(74)66(83)90-54(48-24-21-25-49(39-48)87-42-57(76)72(51)8)33-31-46-32-34-55(84-10)60(86-12)59(46)85-11/h15-16,18,21-25,28-30,32,34,37,39,50-54H,13-14,17,19-20,26-27,31,33,35-36,38,40-43H2,1-12H3,(H,69,79)(H,70,80)/t50-,51-,52-,53-,54+/m0/s1. The van der Waals surface area contributed by atoms with E-state index in [2.05, 4.69) is 10.6 Å². The maximum absolute atomic E-state index is 15.1. The van der Waals surface area contributed by atoms with Gasteiger partial charge in [-0.15, -0.1) is 0 Å². The largest absolute Gasteiger partial charge is 0.493 e.